The molecule has 0 bridgehead atoms. The smallest absolute Gasteiger partial charge is 0.267 e. The molecular formula is C25H24FN3O4. The number of ketones is 1. The number of ether oxygens (including phenoxy) is 1. The summed E-state index contributed by atoms with van der Waals surface area (Å²) in [6.07, 6.45) is 6.42. The Bertz CT molecular complexity index is 1260. The van der Waals surface area contributed by atoms with Crippen LogP contribution in [-0.4, -0.2) is 45.5 Å². The summed E-state index contributed by atoms with van der Waals surface area (Å²) in [5, 5.41) is 9.49. The van der Waals surface area contributed by atoms with Gasteiger partial charge in [0.1, 0.15) is 17.2 Å². The molecule has 33 heavy (non-hydrogen) atoms. The lowest BCUT2D eigenvalue weighted by Gasteiger charge is -2.44. The molecule has 1 spiro atoms. The topological polar surface area (TPSA) is 94.7 Å². The van der Waals surface area contributed by atoms with Crippen molar-refractivity contribution in [2.24, 2.45) is 0 Å². The Morgan fingerprint density at radius 3 is 2.85 bits per heavy atom. The minimum absolute atomic E-state index is 0.0265. The molecule has 2 aromatic carbocycles. The van der Waals surface area contributed by atoms with Crippen LogP contribution in [0.25, 0.3) is 17.0 Å². The number of fused-ring (bicyclic) bond motifs is 2. The van der Waals surface area contributed by atoms with Gasteiger partial charge in [0, 0.05) is 55.7 Å². The fraction of sp³-hybridized carbons (Fsp3) is 0.280. The molecule has 1 aromatic heterocycles. The molecule has 7 nitrogen and oxygen atoms in total. The van der Waals surface area contributed by atoms with Gasteiger partial charge in [-0.1, -0.05) is 6.07 Å². The van der Waals surface area contributed by atoms with Crippen molar-refractivity contribution in [1.82, 2.24) is 15.4 Å². The number of halogens is 1. The second kappa shape index (κ2) is 8.46. The van der Waals surface area contributed by atoms with E-state index < -0.39 is 11.5 Å². The maximum Gasteiger partial charge on any atom is 0.267 e. The molecular weight excluding hydrogens is 425 g/mol. The average molecular weight is 449 g/mol. The van der Waals surface area contributed by atoms with Gasteiger partial charge in [-0.3, -0.25) is 19.7 Å². The number of Topliss-reactive ketones (excluding diaryl/α,β-unsaturated/α-hetero) is 1. The van der Waals surface area contributed by atoms with Crippen molar-refractivity contribution in [2.45, 2.75) is 31.4 Å². The average Bonchev–Trinajstić information content (AvgIpc) is 3.21. The molecule has 2 aliphatic heterocycles. The SMILES string of the molecule is O=C(/C=C/c1ccc2c(c1)C(=O)CC1(CCN(Cc3c[nH]c4ccc(F)cc34)CC1)O2)NO. The number of nitrogens with zero attached hydrogens (tertiary/aromatic N) is 1. The summed E-state index contributed by atoms with van der Waals surface area (Å²) >= 11 is 0. The monoisotopic (exact) mass is 449 g/mol. The highest BCUT2D eigenvalue weighted by Gasteiger charge is 2.43. The van der Waals surface area contributed by atoms with Crippen LogP contribution in [0.5, 0.6) is 5.75 Å². The molecule has 1 saturated heterocycles. The Hall–Kier alpha value is -3.49. The van der Waals surface area contributed by atoms with E-state index in [0.29, 0.717) is 29.8 Å². The van der Waals surface area contributed by atoms with Crippen molar-refractivity contribution in [2.75, 3.05) is 13.1 Å². The van der Waals surface area contributed by atoms with Gasteiger partial charge in [-0.15, -0.1) is 0 Å². The molecule has 2 aliphatic rings. The summed E-state index contributed by atoms with van der Waals surface area (Å²) in [5.74, 6) is -0.294. The summed E-state index contributed by atoms with van der Waals surface area (Å²) in [6, 6.07) is 10.0. The number of aromatic nitrogens is 1. The van der Waals surface area contributed by atoms with E-state index in [9.17, 15) is 14.0 Å². The highest BCUT2D eigenvalue weighted by molar-refractivity contribution is 6.01. The summed E-state index contributed by atoms with van der Waals surface area (Å²) < 4.78 is 20.0. The number of nitrogens with one attached hydrogen (secondary N) is 2. The van der Waals surface area contributed by atoms with Crippen molar-refractivity contribution in [3.8, 4) is 5.75 Å². The molecule has 170 valence electrons. The van der Waals surface area contributed by atoms with Gasteiger partial charge in [0.05, 0.1) is 12.0 Å². The van der Waals surface area contributed by atoms with E-state index in [1.807, 2.05) is 6.20 Å². The number of hydroxylamine groups is 1. The van der Waals surface area contributed by atoms with Gasteiger partial charge < -0.3 is 9.72 Å². The Balaban J connectivity index is 1.27. The molecule has 0 aliphatic carbocycles. The van der Waals surface area contributed by atoms with Gasteiger partial charge in [-0.25, -0.2) is 9.87 Å². The Morgan fingerprint density at radius 2 is 2.06 bits per heavy atom. The minimum atomic E-state index is -0.640. The first-order chi connectivity index (χ1) is 15.9. The van der Waals surface area contributed by atoms with Crippen LogP contribution in [0.15, 0.2) is 48.7 Å². The molecule has 5 rings (SSSR count). The zero-order valence-electron chi connectivity index (χ0n) is 17.9. The number of carbonyl (C=O) groups is 2. The van der Waals surface area contributed by atoms with Crippen molar-refractivity contribution in [3.05, 3.63) is 71.2 Å². The van der Waals surface area contributed by atoms with Gasteiger partial charge in [0.15, 0.2) is 5.78 Å². The summed E-state index contributed by atoms with van der Waals surface area (Å²) in [6.45, 7) is 2.27. The van der Waals surface area contributed by atoms with Crippen LogP contribution in [0.1, 0.15) is 40.7 Å². The predicted molar refractivity (Wildman–Crippen MR) is 120 cm³/mol. The Morgan fingerprint density at radius 1 is 1.24 bits per heavy atom. The molecule has 3 N–H and O–H groups in total. The number of benzene rings is 2. The van der Waals surface area contributed by atoms with Crippen LogP contribution in [0, 0.1) is 5.82 Å². The molecule has 8 heteroatoms. The molecule has 1 amide bonds. The van der Waals surface area contributed by atoms with Crippen LogP contribution < -0.4 is 10.2 Å². The normalized spacial score (nSPS) is 17.9. The second-order valence-electron chi connectivity index (χ2n) is 8.73. The van der Waals surface area contributed by atoms with Crippen molar-refractivity contribution < 1.29 is 23.9 Å². The molecule has 0 radical (unpaired) electrons. The second-order valence-corrected chi connectivity index (χ2v) is 8.73. The zero-order valence-corrected chi connectivity index (χ0v) is 17.9. The van der Waals surface area contributed by atoms with Crippen molar-refractivity contribution in [3.63, 3.8) is 0 Å². The number of aromatic amines is 1. The van der Waals surface area contributed by atoms with E-state index >= 15 is 0 Å². The molecule has 0 atom stereocenters. The van der Waals surface area contributed by atoms with Gasteiger partial charge in [0.2, 0.25) is 0 Å². The van der Waals surface area contributed by atoms with Gasteiger partial charge >= 0.3 is 0 Å². The summed E-state index contributed by atoms with van der Waals surface area (Å²) in [5.41, 5.74) is 4.18. The van der Waals surface area contributed by atoms with Gasteiger partial charge in [0.25, 0.3) is 5.91 Å². The fourth-order valence-corrected chi connectivity index (χ4v) is 4.74. The van der Waals surface area contributed by atoms with E-state index in [1.54, 1.807) is 30.3 Å². The number of hydrogen-bond donors (Lipinski definition) is 3. The van der Waals surface area contributed by atoms with E-state index in [4.69, 9.17) is 9.94 Å². The Kier molecular flexibility index (Phi) is 5.47. The third-order valence-electron chi connectivity index (χ3n) is 6.54. The Labute approximate surface area is 189 Å². The standard InChI is InChI=1S/C25H24FN3O4/c26-18-3-4-21-19(12-18)17(14-27-21)15-29-9-7-25(8-10-29)13-22(30)20-11-16(1-5-23(20)33-25)2-6-24(31)28-32/h1-6,11-12,14,27,32H,7-10,13,15H2,(H,28,31)/b6-2+. The summed E-state index contributed by atoms with van der Waals surface area (Å²) in [4.78, 5) is 29.6. The highest BCUT2D eigenvalue weighted by atomic mass is 19.1. The third-order valence-corrected chi connectivity index (χ3v) is 6.54. The molecule has 1 fully saturated rings. The van der Waals surface area contributed by atoms with Crippen molar-refractivity contribution >= 4 is 28.7 Å². The molecule has 0 saturated carbocycles. The van der Waals surface area contributed by atoms with Crippen LogP contribution in [0.2, 0.25) is 0 Å². The summed E-state index contributed by atoms with van der Waals surface area (Å²) in [7, 11) is 0. The lowest BCUT2D eigenvalue weighted by molar-refractivity contribution is -0.124. The molecule has 0 unspecified atom stereocenters. The van der Waals surface area contributed by atoms with Crippen molar-refractivity contribution in [1.29, 1.82) is 0 Å². The fourth-order valence-electron chi connectivity index (χ4n) is 4.74. The number of likely N-dealkylation sites (tertiary alicyclic amines) is 1. The zero-order chi connectivity index (χ0) is 23.0. The number of carbonyl (C=O) groups excluding carboxylic acids is 2. The first-order valence-electron chi connectivity index (χ1n) is 10.9. The minimum Gasteiger partial charge on any atom is -0.486 e. The van der Waals surface area contributed by atoms with E-state index in [1.165, 1.54) is 23.7 Å². The van der Waals surface area contributed by atoms with E-state index in [-0.39, 0.29) is 11.6 Å². The van der Waals surface area contributed by atoms with Crippen LogP contribution in [0.4, 0.5) is 4.39 Å². The highest BCUT2D eigenvalue weighted by Crippen LogP contribution is 2.40. The first-order valence-corrected chi connectivity index (χ1v) is 10.9. The van der Waals surface area contributed by atoms with E-state index in [0.717, 1.165) is 42.4 Å². The first kappa shape index (κ1) is 21.4. The molecule has 3 aromatic rings. The van der Waals surface area contributed by atoms with Gasteiger partial charge in [-0.2, -0.15) is 0 Å². The number of piperidine rings is 1. The largest absolute Gasteiger partial charge is 0.486 e. The predicted octanol–water partition coefficient (Wildman–Crippen LogP) is 3.83. The van der Waals surface area contributed by atoms with Gasteiger partial charge in [-0.05, 0) is 47.5 Å². The maximum atomic E-state index is 13.7. The number of hydrogen-bond acceptors (Lipinski definition) is 5. The molecule has 3 heterocycles. The quantitative estimate of drug-likeness (QED) is 0.320. The third kappa shape index (κ3) is 4.27. The van der Waals surface area contributed by atoms with E-state index in [2.05, 4.69) is 9.88 Å². The van der Waals surface area contributed by atoms with Crippen LogP contribution in [-0.2, 0) is 11.3 Å². The lowest BCUT2D eigenvalue weighted by atomic mass is 9.82. The van der Waals surface area contributed by atoms with Crippen LogP contribution >= 0.6 is 0 Å². The number of rotatable bonds is 4. The lowest BCUT2D eigenvalue weighted by Crippen LogP contribution is -2.50. The number of H-pyrrole nitrogens is 1. The maximum absolute atomic E-state index is 13.7. The van der Waals surface area contributed by atoms with Crippen LogP contribution in [0.3, 0.4) is 0 Å². The number of amides is 1.